The molecule has 1 fully saturated rings. The molecule has 0 atom stereocenters. The molecule has 0 amide bonds. The molecule has 0 radical (unpaired) electrons. The molecule has 3 N–H and O–H groups in total. The average molecular weight is 205 g/mol. The monoisotopic (exact) mass is 205 g/mol. The first kappa shape index (κ1) is 10.3. The predicted molar refractivity (Wildman–Crippen MR) is 63.1 cm³/mol. The first-order valence-electron chi connectivity index (χ1n) is 5.78. The third kappa shape index (κ3) is 1.94. The lowest BCUT2D eigenvalue weighted by Gasteiger charge is -2.25. The van der Waals surface area contributed by atoms with E-state index in [4.69, 9.17) is 5.73 Å². The highest BCUT2D eigenvalue weighted by Gasteiger charge is 2.20. The molecule has 2 rings (SSSR count). The fraction of sp³-hybridized carbons (Fsp3) is 0.538. The van der Waals surface area contributed by atoms with Crippen molar-refractivity contribution >= 4 is 5.69 Å². The summed E-state index contributed by atoms with van der Waals surface area (Å²) in [6.45, 7) is 2.08. The van der Waals surface area contributed by atoms with Crippen molar-refractivity contribution in [1.29, 1.82) is 0 Å². The summed E-state index contributed by atoms with van der Waals surface area (Å²) < 4.78 is 0. The van der Waals surface area contributed by atoms with Crippen molar-refractivity contribution in [2.45, 2.75) is 44.9 Å². The van der Waals surface area contributed by atoms with E-state index in [1.54, 1.807) is 6.07 Å². The van der Waals surface area contributed by atoms with Crippen LogP contribution in [0.5, 0.6) is 5.75 Å². The molecule has 1 aromatic carbocycles. The van der Waals surface area contributed by atoms with E-state index in [9.17, 15) is 5.11 Å². The number of anilines is 1. The number of hydrogen-bond donors (Lipinski definition) is 2. The third-order valence-corrected chi connectivity index (χ3v) is 3.50. The number of aryl methyl sites for hydroxylation is 1. The number of phenols is 1. The predicted octanol–water partition coefficient (Wildman–Crippen LogP) is 3.33. The topological polar surface area (TPSA) is 46.2 Å². The van der Waals surface area contributed by atoms with Crippen molar-refractivity contribution in [2.75, 3.05) is 5.73 Å². The first-order chi connectivity index (χ1) is 7.20. The zero-order valence-electron chi connectivity index (χ0n) is 9.29. The van der Waals surface area contributed by atoms with Crippen LogP contribution in [0.15, 0.2) is 12.1 Å². The van der Waals surface area contributed by atoms with Gasteiger partial charge in [-0.2, -0.15) is 0 Å². The van der Waals surface area contributed by atoms with Crippen LogP contribution in [-0.2, 0) is 0 Å². The van der Waals surface area contributed by atoms with E-state index in [1.165, 1.54) is 43.2 Å². The Balaban J connectivity index is 2.36. The normalized spacial score (nSPS) is 17.9. The fourth-order valence-corrected chi connectivity index (χ4v) is 2.67. The molecular weight excluding hydrogens is 186 g/mol. The molecule has 1 aliphatic carbocycles. The summed E-state index contributed by atoms with van der Waals surface area (Å²) in [4.78, 5) is 0. The summed E-state index contributed by atoms with van der Waals surface area (Å²) in [6, 6.07) is 3.66. The minimum atomic E-state index is 0.237. The molecule has 1 saturated carbocycles. The summed E-state index contributed by atoms with van der Waals surface area (Å²) in [5.41, 5.74) is 8.97. The van der Waals surface area contributed by atoms with Gasteiger partial charge in [0, 0.05) is 0 Å². The Morgan fingerprint density at radius 1 is 1.20 bits per heavy atom. The van der Waals surface area contributed by atoms with Crippen LogP contribution in [0.3, 0.4) is 0 Å². The Bertz CT molecular complexity index is 354. The molecule has 0 aliphatic heterocycles. The molecule has 0 aromatic heterocycles. The van der Waals surface area contributed by atoms with Gasteiger partial charge in [0.05, 0.1) is 5.69 Å². The molecule has 2 heteroatoms. The highest BCUT2D eigenvalue weighted by Crippen LogP contribution is 2.40. The maximum Gasteiger partial charge on any atom is 0.138 e. The molecule has 15 heavy (non-hydrogen) atoms. The Morgan fingerprint density at radius 2 is 1.87 bits per heavy atom. The summed E-state index contributed by atoms with van der Waals surface area (Å²) in [5, 5.41) is 9.63. The zero-order valence-corrected chi connectivity index (χ0v) is 9.29. The summed E-state index contributed by atoms with van der Waals surface area (Å²) in [7, 11) is 0. The lowest BCUT2D eigenvalue weighted by atomic mass is 9.81. The number of nitrogens with two attached hydrogens (primary N) is 1. The molecule has 1 aromatic rings. The van der Waals surface area contributed by atoms with Gasteiger partial charge in [0.15, 0.2) is 0 Å². The lowest BCUT2D eigenvalue weighted by Crippen LogP contribution is -2.09. The van der Waals surface area contributed by atoms with Crippen LogP contribution < -0.4 is 5.73 Å². The van der Waals surface area contributed by atoms with E-state index in [-0.39, 0.29) is 5.75 Å². The molecule has 0 unspecified atom stereocenters. The van der Waals surface area contributed by atoms with Crippen molar-refractivity contribution < 1.29 is 5.11 Å². The largest absolute Gasteiger partial charge is 0.506 e. The van der Waals surface area contributed by atoms with Crippen LogP contribution in [0, 0.1) is 6.92 Å². The Morgan fingerprint density at radius 3 is 2.53 bits per heavy atom. The summed E-state index contributed by atoms with van der Waals surface area (Å²) >= 11 is 0. The Labute approximate surface area is 91.1 Å². The SMILES string of the molecule is Cc1ccc(O)c(N)c1C1CCCCC1. The molecule has 0 heterocycles. The lowest BCUT2D eigenvalue weighted by molar-refractivity contribution is 0.439. The smallest absolute Gasteiger partial charge is 0.138 e. The summed E-state index contributed by atoms with van der Waals surface area (Å²) in [6.07, 6.45) is 6.36. The number of hydrogen-bond acceptors (Lipinski definition) is 2. The number of nitrogen functional groups attached to an aromatic ring is 1. The molecule has 0 bridgehead atoms. The first-order valence-corrected chi connectivity index (χ1v) is 5.78. The Hall–Kier alpha value is -1.18. The maximum absolute atomic E-state index is 9.63. The minimum absolute atomic E-state index is 0.237. The van der Waals surface area contributed by atoms with Crippen molar-refractivity contribution in [1.82, 2.24) is 0 Å². The maximum atomic E-state index is 9.63. The minimum Gasteiger partial charge on any atom is -0.506 e. The van der Waals surface area contributed by atoms with Gasteiger partial charge < -0.3 is 10.8 Å². The van der Waals surface area contributed by atoms with Crippen LogP contribution >= 0.6 is 0 Å². The van der Waals surface area contributed by atoms with Crippen molar-refractivity contribution in [2.24, 2.45) is 0 Å². The van der Waals surface area contributed by atoms with Gasteiger partial charge in [-0.15, -0.1) is 0 Å². The zero-order chi connectivity index (χ0) is 10.8. The van der Waals surface area contributed by atoms with Crippen molar-refractivity contribution in [3.05, 3.63) is 23.3 Å². The van der Waals surface area contributed by atoms with Crippen molar-refractivity contribution in [3.8, 4) is 5.75 Å². The van der Waals surface area contributed by atoms with Gasteiger partial charge in [-0.1, -0.05) is 25.3 Å². The highest BCUT2D eigenvalue weighted by atomic mass is 16.3. The van der Waals surface area contributed by atoms with Gasteiger partial charge in [-0.3, -0.25) is 0 Å². The molecule has 1 aliphatic rings. The third-order valence-electron chi connectivity index (χ3n) is 3.50. The van der Waals surface area contributed by atoms with E-state index in [2.05, 4.69) is 6.92 Å². The van der Waals surface area contributed by atoms with Gasteiger partial charge in [-0.05, 0) is 42.9 Å². The van der Waals surface area contributed by atoms with Crippen LogP contribution in [0.4, 0.5) is 5.69 Å². The fourth-order valence-electron chi connectivity index (χ4n) is 2.67. The van der Waals surface area contributed by atoms with Gasteiger partial charge in [0.25, 0.3) is 0 Å². The van der Waals surface area contributed by atoms with Crippen LogP contribution in [0.25, 0.3) is 0 Å². The molecular formula is C13H19NO. The van der Waals surface area contributed by atoms with Gasteiger partial charge in [0.1, 0.15) is 5.75 Å². The average Bonchev–Trinajstić information content (AvgIpc) is 2.26. The van der Waals surface area contributed by atoms with E-state index >= 15 is 0 Å². The number of phenolic OH excluding ortho intramolecular Hbond substituents is 1. The van der Waals surface area contributed by atoms with E-state index < -0.39 is 0 Å². The molecule has 0 saturated heterocycles. The molecule has 0 spiro atoms. The quantitative estimate of drug-likeness (QED) is 0.545. The second-order valence-electron chi connectivity index (χ2n) is 4.56. The molecule has 82 valence electrons. The van der Waals surface area contributed by atoms with E-state index in [0.29, 0.717) is 11.6 Å². The van der Waals surface area contributed by atoms with Crippen LogP contribution in [-0.4, -0.2) is 5.11 Å². The van der Waals surface area contributed by atoms with Gasteiger partial charge in [0.2, 0.25) is 0 Å². The van der Waals surface area contributed by atoms with Crippen molar-refractivity contribution in [3.63, 3.8) is 0 Å². The van der Waals surface area contributed by atoms with Gasteiger partial charge in [-0.25, -0.2) is 0 Å². The van der Waals surface area contributed by atoms with E-state index in [0.717, 1.165) is 0 Å². The van der Waals surface area contributed by atoms with Crippen LogP contribution in [0.2, 0.25) is 0 Å². The summed E-state index contributed by atoms with van der Waals surface area (Å²) in [5.74, 6) is 0.798. The number of rotatable bonds is 1. The second-order valence-corrected chi connectivity index (χ2v) is 4.56. The number of aromatic hydroxyl groups is 1. The highest BCUT2D eigenvalue weighted by molar-refractivity contribution is 5.61. The second kappa shape index (κ2) is 4.13. The standard InChI is InChI=1S/C13H19NO/c1-9-7-8-11(15)13(14)12(9)10-5-3-2-4-6-10/h7-8,10,15H,2-6,14H2,1H3. The number of benzene rings is 1. The van der Waals surface area contributed by atoms with Gasteiger partial charge >= 0.3 is 0 Å². The van der Waals surface area contributed by atoms with E-state index in [1.807, 2.05) is 6.07 Å². The molecule has 2 nitrogen and oxygen atoms in total. The van der Waals surface area contributed by atoms with Crippen LogP contribution in [0.1, 0.15) is 49.1 Å². The Kier molecular flexibility index (Phi) is 2.85.